The van der Waals surface area contributed by atoms with E-state index in [4.69, 9.17) is 11.6 Å². The minimum absolute atomic E-state index is 0.226. The minimum Gasteiger partial charge on any atom is -0.355 e. The van der Waals surface area contributed by atoms with Crippen LogP contribution in [0.5, 0.6) is 0 Å². The summed E-state index contributed by atoms with van der Waals surface area (Å²) < 4.78 is 1.61. The maximum absolute atomic E-state index is 12.8. The Hall–Kier alpha value is -3.12. The lowest BCUT2D eigenvalue weighted by molar-refractivity contribution is 0.0961. The van der Waals surface area contributed by atoms with E-state index in [-0.39, 0.29) is 17.0 Å². The van der Waals surface area contributed by atoms with Gasteiger partial charge in [-0.2, -0.15) is 5.10 Å². The first kappa shape index (κ1) is 19.6. The van der Waals surface area contributed by atoms with Crippen LogP contribution in [-0.2, 0) is 6.54 Å². The second-order valence-corrected chi connectivity index (χ2v) is 6.87. The largest absolute Gasteiger partial charge is 0.355 e. The highest BCUT2D eigenvalue weighted by Gasteiger charge is 2.21. The number of aromatic nitrogens is 2. The first-order valence-electron chi connectivity index (χ1n) is 8.81. The molecule has 2 N–H and O–H groups in total. The van der Waals surface area contributed by atoms with E-state index in [0.717, 1.165) is 5.56 Å². The Morgan fingerprint density at radius 3 is 2.46 bits per heavy atom. The Kier molecular flexibility index (Phi) is 5.80. The van der Waals surface area contributed by atoms with Crippen LogP contribution in [-0.4, -0.2) is 28.6 Å². The van der Waals surface area contributed by atoms with Crippen molar-refractivity contribution in [2.75, 3.05) is 12.4 Å². The SMILES string of the molecule is CNC(=O)c1cccc(NC(=O)c2c(C)nn(Cc3ccc(C)cc3)c2Cl)c1. The number of hydrogen-bond acceptors (Lipinski definition) is 3. The highest BCUT2D eigenvalue weighted by Crippen LogP contribution is 2.23. The zero-order valence-corrected chi connectivity index (χ0v) is 16.7. The molecule has 0 fully saturated rings. The van der Waals surface area contributed by atoms with Crippen LogP contribution in [0.4, 0.5) is 5.69 Å². The summed E-state index contributed by atoms with van der Waals surface area (Å²) in [7, 11) is 1.55. The second kappa shape index (κ2) is 8.27. The van der Waals surface area contributed by atoms with Gasteiger partial charge < -0.3 is 10.6 Å². The van der Waals surface area contributed by atoms with Gasteiger partial charge in [-0.25, -0.2) is 4.68 Å². The van der Waals surface area contributed by atoms with Gasteiger partial charge in [-0.15, -0.1) is 0 Å². The molecule has 0 saturated heterocycles. The molecule has 2 amide bonds. The van der Waals surface area contributed by atoms with E-state index in [1.165, 1.54) is 5.56 Å². The highest BCUT2D eigenvalue weighted by atomic mass is 35.5. The summed E-state index contributed by atoms with van der Waals surface area (Å²) in [5, 5.41) is 10.0. The smallest absolute Gasteiger partial charge is 0.260 e. The van der Waals surface area contributed by atoms with Crippen LogP contribution in [0.25, 0.3) is 0 Å². The highest BCUT2D eigenvalue weighted by molar-refractivity contribution is 6.33. The molecular formula is C21H21ClN4O2. The van der Waals surface area contributed by atoms with Crippen LogP contribution in [0.15, 0.2) is 48.5 Å². The molecule has 2 aromatic carbocycles. The van der Waals surface area contributed by atoms with Crippen molar-refractivity contribution in [1.82, 2.24) is 15.1 Å². The predicted molar refractivity (Wildman–Crippen MR) is 110 cm³/mol. The molecule has 0 aliphatic carbocycles. The van der Waals surface area contributed by atoms with Crippen LogP contribution >= 0.6 is 11.6 Å². The minimum atomic E-state index is -0.369. The van der Waals surface area contributed by atoms with Gasteiger partial charge in [-0.3, -0.25) is 9.59 Å². The average Bonchev–Trinajstić information content (AvgIpc) is 2.96. The number of carbonyl (C=O) groups excluding carboxylic acids is 2. The summed E-state index contributed by atoms with van der Waals surface area (Å²) in [5.74, 6) is -0.594. The third-order valence-corrected chi connectivity index (χ3v) is 4.74. The summed E-state index contributed by atoms with van der Waals surface area (Å²) in [6, 6.07) is 14.8. The number of benzene rings is 2. The third kappa shape index (κ3) is 4.23. The number of nitrogens with one attached hydrogen (secondary N) is 2. The molecule has 6 nitrogen and oxygen atoms in total. The standard InChI is InChI=1S/C21H21ClN4O2/c1-13-7-9-15(10-8-13)12-26-19(22)18(14(2)25-26)21(28)24-17-6-4-5-16(11-17)20(27)23-3/h4-11H,12H2,1-3H3,(H,23,27)(H,24,28). The Labute approximate surface area is 168 Å². The quantitative estimate of drug-likeness (QED) is 0.688. The van der Waals surface area contributed by atoms with Gasteiger partial charge in [0.15, 0.2) is 0 Å². The predicted octanol–water partition coefficient (Wildman–Crippen LogP) is 3.81. The molecule has 3 aromatic rings. The van der Waals surface area contributed by atoms with Crippen molar-refractivity contribution in [2.45, 2.75) is 20.4 Å². The molecule has 0 radical (unpaired) electrons. The molecule has 0 aliphatic rings. The van der Waals surface area contributed by atoms with Gasteiger partial charge in [0.1, 0.15) is 5.15 Å². The topological polar surface area (TPSA) is 76.0 Å². The van der Waals surface area contributed by atoms with Crippen LogP contribution in [0.2, 0.25) is 5.15 Å². The van der Waals surface area contributed by atoms with Crippen molar-refractivity contribution in [3.63, 3.8) is 0 Å². The maximum atomic E-state index is 12.8. The van der Waals surface area contributed by atoms with E-state index in [9.17, 15) is 9.59 Å². The molecule has 0 saturated carbocycles. The third-order valence-electron chi connectivity index (χ3n) is 4.36. The number of amides is 2. The molecule has 3 rings (SSSR count). The van der Waals surface area contributed by atoms with Crippen LogP contribution < -0.4 is 10.6 Å². The maximum Gasteiger partial charge on any atom is 0.260 e. The van der Waals surface area contributed by atoms with Gasteiger partial charge in [-0.05, 0) is 37.6 Å². The molecule has 1 aromatic heterocycles. The summed E-state index contributed by atoms with van der Waals surface area (Å²) in [6.45, 7) is 4.24. The molecule has 28 heavy (non-hydrogen) atoms. The average molecular weight is 397 g/mol. The number of nitrogens with zero attached hydrogens (tertiary/aromatic N) is 2. The lowest BCUT2D eigenvalue weighted by atomic mass is 10.1. The van der Waals surface area contributed by atoms with Crippen molar-refractivity contribution in [2.24, 2.45) is 0 Å². The molecule has 0 bridgehead atoms. The Bertz CT molecular complexity index is 1030. The first-order valence-corrected chi connectivity index (χ1v) is 9.18. The van der Waals surface area contributed by atoms with E-state index >= 15 is 0 Å². The summed E-state index contributed by atoms with van der Waals surface area (Å²) in [6.07, 6.45) is 0. The van der Waals surface area contributed by atoms with Crippen LogP contribution in [0, 0.1) is 13.8 Å². The number of hydrogen-bond donors (Lipinski definition) is 2. The van der Waals surface area contributed by atoms with Gasteiger partial charge in [0.25, 0.3) is 11.8 Å². The fourth-order valence-electron chi connectivity index (χ4n) is 2.86. The van der Waals surface area contributed by atoms with Gasteiger partial charge in [0, 0.05) is 18.3 Å². The number of halogens is 1. The van der Waals surface area contributed by atoms with Crippen molar-refractivity contribution in [3.8, 4) is 0 Å². The molecule has 144 valence electrons. The number of aryl methyl sites for hydroxylation is 2. The molecular weight excluding hydrogens is 376 g/mol. The normalized spacial score (nSPS) is 10.6. The Balaban J connectivity index is 1.82. The zero-order chi connectivity index (χ0) is 20.3. The fraction of sp³-hybridized carbons (Fsp3) is 0.190. The summed E-state index contributed by atoms with van der Waals surface area (Å²) in [5.41, 5.74) is 4.04. The zero-order valence-electron chi connectivity index (χ0n) is 15.9. The van der Waals surface area contributed by atoms with Crippen LogP contribution in [0.1, 0.15) is 37.5 Å². The van der Waals surface area contributed by atoms with Gasteiger partial charge in [0.05, 0.1) is 17.8 Å². The van der Waals surface area contributed by atoms with E-state index < -0.39 is 0 Å². The number of rotatable bonds is 5. The summed E-state index contributed by atoms with van der Waals surface area (Å²) >= 11 is 6.45. The molecule has 0 atom stereocenters. The van der Waals surface area contributed by atoms with Crippen molar-refractivity contribution in [3.05, 3.63) is 81.6 Å². The van der Waals surface area contributed by atoms with E-state index in [1.807, 2.05) is 31.2 Å². The fourth-order valence-corrected chi connectivity index (χ4v) is 3.18. The number of anilines is 1. The Morgan fingerprint density at radius 2 is 1.79 bits per heavy atom. The molecule has 0 aliphatic heterocycles. The van der Waals surface area contributed by atoms with Gasteiger partial charge >= 0.3 is 0 Å². The molecule has 0 unspecified atom stereocenters. The van der Waals surface area contributed by atoms with Crippen molar-refractivity contribution in [1.29, 1.82) is 0 Å². The van der Waals surface area contributed by atoms with E-state index in [0.29, 0.717) is 29.1 Å². The Morgan fingerprint density at radius 1 is 1.07 bits per heavy atom. The number of carbonyl (C=O) groups is 2. The van der Waals surface area contributed by atoms with Gasteiger partial charge in [-0.1, -0.05) is 47.5 Å². The monoisotopic (exact) mass is 396 g/mol. The summed E-state index contributed by atoms with van der Waals surface area (Å²) in [4.78, 5) is 24.5. The van der Waals surface area contributed by atoms with E-state index in [1.54, 1.807) is 42.9 Å². The van der Waals surface area contributed by atoms with Crippen molar-refractivity contribution < 1.29 is 9.59 Å². The van der Waals surface area contributed by atoms with E-state index in [2.05, 4.69) is 15.7 Å². The van der Waals surface area contributed by atoms with Crippen LogP contribution in [0.3, 0.4) is 0 Å². The van der Waals surface area contributed by atoms with Crippen molar-refractivity contribution >= 4 is 29.1 Å². The molecule has 7 heteroatoms. The lowest BCUT2D eigenvalue weighted by Gasteiger charge is -2.07. The van der Waals surface area contributed by atoms with Gasteiger partial charge in [0.2, 0.25) is 0 Å². The molecule has 0 spiro atoms. The first-order chi connectivity index (χ1) is 13.4. The second-order valence-electron chi connectivity index (χ2n) is 6.51. The molecule has 1 heterocycles. The lowest BCUT2D eigenvalue weighted by Crippen LogP contribution is -2.18.